The van der Waals surface area contributed by atoms with E-state index in [1.165, 1.54) is 0 Å². The van der Waals surface area contributed by atoms with Crippen molar-refractivity contribution in [3.63, 3.8) is 0 Å². The van der Waals surface area contributed by atoms with E-state index in [4.69, 9.17) is 4.43 Å². The topological polar surface area (TPSA) is 66.8 Å². The molecule has 23 heavy (non-hydrogen) atoms. The molecule has 3 aliphatic rings. The molecule has 5 nitrogen and oxygen atoms in total. The molecule has 128 valence electrons. The second kappa shape index (κ2) is 5.74. The second-order valence-corrected chi connectivity index (χ2v) is 12.5. The van der Waals surface area contributed by atoms with Gasteiger partial charge in [0.15, 0.2) is 8.32 Å². The summed E-state index contributed by atoms with van der Waals surface area (Å²) in [5.74, 6) is -0.964. The van der Waals surface area contributed by atoms with Gasteiger partial charge < -0.3 is 14.4 Å². The lowest BCUT2D eigenvalue weighted by Crippen LogP contribution is -2.65. The van der Waals surface area contributed by atoms with Crippen molar-refractivity contribution in [2.75, 3.05) is 0 Å². The van der Waals surface area contributed by atoms with Gasteiger partial charge in [-0.15, -0.1) is 0 Å². The van der Waals surface area contributed by atoms with E-state index in [9.17, 15) is 14.7 Å². The van der Waals surface area contributed by atoms with E-state index in [1.54, 1.807) is 4.90 Å². The number of carbonyl (C=O) groups excluding carboxylic acids is 1. The maximum Gasteiger partial charge on any atom is 0.352 e. The number of β-lactam (4-membered cyclic amide) rings is 1. The number of carboxylic acid groups (broad SMARTS) is 1. The zero-order valence-corrected chi connectivity index (χ0v) is 15.5. The lowest BCUT2D eigenvalue weighted by molar-refractivity contribution is -0.162. The van der Waals surface area contributed by atoms with Gasteiger partial charge in [0, 0.05) is 5.92 Å². The maximum absolute atomic E-state index is 12.7. The summed E-state index contributed by atoms with van der Waals surface area (Å²) in [6.45, 7) is 8.35. The van der Waals surface area contributed by atoms with Crippen LogP contribution in [-0.2, 0) is 14.0 Å². The van der Waals surface area contributed by atoms with Crippen LogP contribution in [0.25, 0.3) is 0 Å². The molecule has 0 aromatic rings. The molecule has 0 bridgehead atoms. The quantitative estimate of drug-likeness (QED) is 0.632. The molecule has 1 N–H and O–H groups in total. The fourth-order valence-electron chi connectivity index (χ4n) is 4.61. The van der Waals surface area contributed by atoms with E-state index in [0.717, 1.165) is 37.7 Å². The van der Waals surface area contributed by atoms with Crippen molar-refractivity contribution >= 4 is 20.2 Å². The first-order valence-electron chi connectivity index (χ1n) is 8.69. The molecular weight excluding hydrogens is 310 g/mol. The lowest BCUT2D eigenvalue weighted by Gasteiger charge is -2.49. The molecule has 0 aromatic heterocycles. The summed E-state index contributed by atoms with van der Waals surface area (Å²) in [5, 5.41) is 9.62. The Morgan fingerprint density at radius 1 is 1.30 bits per heavy atom. The van der Waals surface area contributed by atoms with Crippen molar-refractivity contribution in [2.45, 2.75) is 70.8 Å². The Morgan fingerprint density at radius 2 is 2.00 bits per heavy atom. The number of fused-ring (bicyclic) bond motifs is 3. The van der Waals surface area contributed by atoms with Gasteiger partial charge in [-0.3, -0.25) is 4.79 Å². The van der Waals surface area contributed by atoms with Crippen molar-refractivity contribution in [1.82, 2.24) is 4.90 Å². The van der Waals surface area contributed by atoms with Gasteiger partial charge in [-0.2, -0.15) is 0 Å². The molecule has 0 unspecified atom stereocenters. The summed E-state index contributed by atoms with van der Waals surface area (Å²) >= 11 is 0. The average Bonchev–Trinajstić information content (AvgIpc) is 2.55. The molecule has 3 rings (SSSR count). The number of carbonyl (C=O) groups is 2. The summed E-state index contributed by atoms with van der Waals surface area (Å²) < 4.78 is 6.15. The Labute approximate surface area is 138 Å². The molecule has 6 heteroatoms. The van der Waals surface area contributed by atoms with Crippen LogP contribution >= 0.6 is 0 Å². The highest BCUT2D eigenvalue weighted by Gasteiger charge is 2.61. The highest BCUT2D eigenvalue weighted by Crippen LogP contribution is 2.51. The summed E-state index contributed by atoms with van der Waals surface area (Å²) in [4.78, 5) is 26.0. The van der Waals surface area contributed by atoms with E-state index < -0.39 is 14.3 Å². The smallest absolute Gasteiger partial charge is 0.352 e. The van der Waals surface area contributed by atoms with Crippen molar-refractivity contribution in [2.24, 2.45) is 11.8 Å². The van der Waals surface area contributed by atoms with Gasteiger partial charge >= 0.3 is 5.97 Å². The third kappa shape index (κ3) is 2.76. The molecule has 2 heterocycles. The van der Waals surface area contributed by atoms with Crippen LogP contribution in [0, 0.1) is 11.8 Å². The average molecular weight is 337 g/mol. The van der Waals surface area contributed by atoms with E-state index in [1.807, 2.05) is 6.92 Å². The molecule has 0 spiro atoms. The predicted octanol–water partition coefficient (Wildman–Crippen LogP) is 2.99. The minimum atomic E-state index is -1.73. The van der Waals surface area contributed by atoms with Crippen molar-refractivity contribution < 1.29 is 19.1 Å². The molecule has 4 atom stereocenters. The van der Waals surface area contributed by atoms with Crippen LogP contribution in [0.2, 0.25) is 19.6 Å². The van der Waals surface area contributed by atoms with Crippen molar-refractivity contribution in [3.8, 4) is 0 Å². The Bertz CT molecular complexity index is 565. The van der Waals surface area contributed by atoms with E-state index >= 15 is 0 Å². The maximum atomic E-state index is 12.7. The summed E-state index contributed by atoms with van der Waals surface area (Å²) in [5.41, 5.74) is 1.29. The van der Waals surface area contributed by atoms with E-state index in [0.29, 0.717) is 0 Å². The first kappa shape index (κ1) is 16.7. The zero-order valence-electron chi connectivity index (χ0n) is 14.5. The van der Waals surface area contributed by atoms with Gasteiger partial charge in [-0.25, -0.2) is 4.79 Å². The third-order valence-electron chi connectivity index (χ3n) is 5.30. The number of amides is 1. The van der Waals surface area contributed by atoms with Gasteiger partial charge in [0.1, 0.15) is 5.70 Å². The van der Waals surface area contributed by atoms with E-state index in [-0.39, 0.29) is 35.6 Å². The third-order valence-corrected chi connectivity index (χ3v) is 6.38. The molecule has 1 saturated carbocycles. The van der Waals surface area contributed by atoms with Gasteiger partial charge in [0.2, 0.25) is 5.91 Å². The molecular formula is C17H27NO4Si. The minimum Gasteiger partial charge on any atom is -0.477 e. The van der Waals surface area contributed by atoms with Crippen LogP contribution in [0.3, 0.4) is 0 Å². The Morgan fingerprint density at radius 3 is 2.61 bits per heavy atom. The number of hydrogen-bond acceptors (Lipinski definition) is 3. The van der Waals surface area contributed by atoms with Gasteiger partial charge in [-0.1, -0.05) is 12.8 Å². The van der Waals surface area contributed by atoms with Crippen molar-refractivity contribution in [1.29, 1.82) is 0 Å². The molecule has 0 radical (unpaired) electrons. The van der Waals surface area contributed by atoms with Crippen LogP contribution in [0.5, 0.6) is 0 Å². The van der Waals surface area contributed by atoms with E-state index in [2.05, 4.69) is 19.6 Å². The van der Waals surface area contributed by atoms with Crippen LogP contribution in [-0.4, -0.2) is 42.3 Å². The SMILES string of the molecule is C[C@@H](O[Si](C)(C)C)[C@H]1C(=O)N2C(C(=O)O)=C3CCCCC[C@@H]3[C@H]12. The van der Waals surface area contributed by atoms with Crippen molar-refractivity contribution in [3.05, 3.63) is 11.3 Å². The number of aliphatic carboxylic acids is 1. The molecule has 1 aliphatic carbocycles. The molecule has 1 saturated heterocycles. The fourth-order valence-corrected chi connectivity index (χ4v) is 5.88. The first-order chi connectivity index (χ1) is 10.7. The monoisotopic (exact) mass is 337 g/mol. The number of carboxylic acids is 1. The Hall–Kier alpha value is -1.14. The van der Waals surface area contributed by atoms with Gasteiger partial charge in [0.25, 0.3) is 0 Å². The summed E-state index contributed by atoms with van der Waals surface area (Å²) in [6, 6.07) is 0.00745. The lowest BCUT2D eigenvalue weighted by atomic mass is 9.75. The highest BCUT2D eigenvalue weighted by molar-refractivity contribution is 6.69. The number of nitrogens with zero attached hydrogens (tertiary/aromatic N) is 1. The first-order valence-corrected chi connectivity index (χ1v) is 12.1. The van der Waals surface area contributed by atoms with Crippen LogP contribution in [0.4, 0.5) is 0 Å². The number of hydrogen-bond donors (Lipinski definition) is 1. The normalized spacial score (nSPS) is 32.1. The molecule has 2 fully saturated rings. The van der Waals surface area contributed by atoms with Crippen LogP contribution < -0.4 is 0 Å². The standard InChI is InChI=1S/C17H27NO4Si/c1-10(22-23(2,3)4)13-14-11-8-6-5-7-9-12(11)15(17(20)21)18(14)16(13)19/h10-11,13-14H,5-9H2,1-4H3,(H,20,21)/t10-,11+,13-,14-/m1/s1. The van der Waals surface area contributed by atoms with Gasteiger partial charge in [0.05, 0.1) is 18.1 Å². The second-order valence-electron chi connectivity index (χ2n) is 8.04. The highest BCUT2D eigenvalue weighted by atomic mass is 28.4. The van der Waals surface area contributed by atoms with Gasteiger partial charge in [-0.05, 0) is 51.4 Å². The van der Waals surface area contributed by atoms with Crippen LogP contribution in [0.1, 0.15) is 39.0 Å². The van der Waals surface area contributed by atoms with Crippen LogP contribution in [0.15, 0.2) is 11.3 Å². The summed E-state index contributed by atoms with van der Waals surface area (Å²) in [7, 11) is -1.73. The summed E-state index contributed by atoms with van der Waals surface area (Å²) in [6.07, 6.45) is 4.99. The fraction of sp³-hybridized carbons (Fsp3) is 0.765. The number of rotatable bonds is 4. The minimum absolute atomic E-state index is 0.00745. The molecule has 0 aromatic carbocycles. The Kier molecular flexibility index (Phi) is 4.17. The molecule has 1 amide bonds. The predicted molar refractivity (Wildman–Crippen MR) is 89.3 cm³/mol. The molecule has 2 aliphatic heterocycles. The largest absolute Gasteiger partial charge is 0.477 e. The Balaban J connectivity index is 1.89. The zero-order chi connectivity index (χ0) is 16.9.